The standard InChI is InChI=1S/C13H23N3/c1-3-12-11(9-16(2)15-12)13(14)10-7-5-4-6-8-10/h9-10,13H,3-8,14H2,1-2H3. The number of rotatable bonds is 3. The summed E-state index contributed by atoms with van der Waals surface area (Å²) in [6.07, 6.45) is 9.75. The average Bonchev–Trinajstić information content (AvgIpc) is 2.70. The van der Waals surface area contributed by atoms with E-state index in [1.54, 1.807) is 0 Å². The Morgan fingerprint density at radius 2 is 2.12 bits per heavy atom. The SMILES string of the molecule is CCc1nn(C)cc1C(N)C1CCCCC1. The van der Waals surface area contributed by atoms with Crippen molar-refractivity contribution in [1.82, 2.24) is 9.78 Å². The van der Waals surface area contributed by atoms with Gasteiger partial charge in [0.1, 0.15) is 0 Å². The van der Waals surface area contributed by atoms with E-state index >= 15 is 0 Å². The molecule has 0 aliphatic heterocycles. The van der Waals surface area contributed by atoms with Gasteiger partial charge < -0.3 is 5.73 Å². The van der Waals surface area contributed by atoms with Gasteiger partial charge in [0, 0.05) is 24.8 Å². The van der Waals surface area contributed by atoms with Gasteiger partial charge in [-0.1, -0.05) is 26.2 Å². The predicted molar refractivity (Wildman–Crippen MR) is 66.1 cm³/mol. The molecule has 1 aliphatic carbocycles. The van der Waals surface area contributed by atoms with Crippen molar-refractivity contribution in [3.8, 4) is 0 Å². The molecular formula is C13H23N3. The molecule has 0 saturated heterocycles. The van der Waals surface area contributed by atoms with Gasteiger partial charge in [0.15, 0.2) is 0 Å². The van der Waals surface area contributed by atoms with E-state index in [0.29, 0.717) is 5.92 Å². The monoisotopic (exact) mass is 221 g/mol. The molecule has 1 fully saturated rings. The fourth-order valence-corrected chi connectivity index (χ4v) is 2.85. The molecule has 16 heavy (non-hydrogen) atoms. The number of nitrogens with two attached hydrogens (primary N) is 1. The summed E-state index contributed by atoms with van der Waals surface area (Å²) < 4.78 is 1.90. The van der Waals surface area contributed by atoms with E-state index in [1.165, 1.54) is 43.4 Å². The molecule has 0 aromatic carbocycles. The molecule has 3 nitrogen and oxygen atoms in total. The minimum Gasteiger partial charge on any atom is -0.324 e. The molecule has 1 saturated carbocycles. The van der Waals surface area contributed by atoms with Crippen LogP contribution in [0, 0.1) is 5.92 Å². The van der Waals surface area contributed by atoms with E-state index in [9.17, 15) is 0 Å². The van der Waals surface area contributed by atoms with E-state index in [2.05, 4.69) is 18.2 Å². The quantitative estimate of drug-likeness (QED) is 0.852. The predicted octanol–water partition coefficient (Wildman–Crippen LogP) is 2.56. The fourth-order valence-electron chi connectivity index (χ4n) is 2.85. The van der Waals surface area contributed by atoms with Gasteiger partial charge in [-0.25, -0.2) is 0 Å². The Hall–Kier alpha value is -0.830. The van der Waals surface area contributed by atoms with Gasteiger partial charge in [-0.05, 0) is 25.2 Å². The maximum atomic E-state index is 6.41. The van der Waals surface area contributed by atoms with Crippen molar-refractivity contribution in [1.29, 1.82) is 0 Å². The van der Waals surface area contributed by atoms with Crippen LogP contribution in [-0.2, 0) is 13.5 Å². The van der Waals surface area contributed by atoms with Crippen LogP contribution in [0.2, 0.25) is 0 Å². The second-order valence-corrected chi connectivity index (χ2v) is 4.98. The van der Waals surface area contributed by atoms with Crippen LogP contribution in [0.5, 0.6) is 0 Å². The van der Waals surface area contributed by atoms with Crippen molar-refractivity contribution in [3.05, 3.63) is 17.5 Å². The smallest absolute Gasteiger partial charge is 0.0669 e. The van der Waals surface area contributed by atoms with Gasteiger partial charge >= 0.3 is 0 Å². The van der Waals surface area contributed by atoms with Gasteiger partial charge in [-0.3, -0.25) is 4.68 Å². The third-order valence-corrected chi connectivity index (χ3v) is 3.79. The van der Waals surface area contributed by atoms with Crippen LogP contribution in [0.15, 0.2) is 6.20 Å². The molecule has 1 atom stereocenters. The van der Waals surface area contributed by atoms with Gasteiger partial charge in [0.2, 0.25) is 0 Å². The van der Waals surface area contributed by atoms with Crippen LogP contribution in [0.3, 0.4) is 0 Å². The average molecular weight is 221 g/mol. The summed E-state index contributed by atoms with van der Waals surface area (Å²) in [7, 11) is 1.98. The molecule has 2 rings (SSSR count). The van der Waals surface area contributed by atoms with E-state index in [0.717, 1.165) is 6.42 Å². The molecule has 1 heterocycles. The van der Waals surface area contributed by atoms with Crippen molar-refractivity contribution in [2.24, 2.45) is 18.7 Å². The highest BCUT2D eigenvalue weighted by atomic mass is 15.3. The maximum Gasteiger partial charge on any atom is 0.0669 e. The Labute approximate surface area is 98.0 Å². The summed E-state index contributed by atoms with van der Waals surface area (Å²) in [5, 5.41) is 4.48. The minimum atomic E-state index is 0.198. The lowest BCUT2D eigenvalue weighted by Crippen LogP contribution is -2.24. The summed E-state index contributed by atoms with van der Waals surface area (Å²) in [5.74, 6) is 0.670. The van der Waals surface area contributed by atoms with Gasteiger partial charge in [-0.15, -0.1) is 0 Å². The lowest BCUT2D eigenvalue weighted by Gasteiger charge is -2.27. The molecule has 2 N–H and O–H groups in total. The molecule has 1 aromatic rings. The summed E-state index contributed by atoms with van der Waals surface area (Å²) >= 11 is 0. The zero-order chi connectivity index (χ0) is 11.5. The van der Waals surface area contributed by atoms with Crippen LogP contribution < -0.4 is 5.73 Å². The summed E-state index contributed by atoms with van der Waals surface area (Å²) in [6, 6.07) is 0.198. The van der Waals surface area contributed by atoms with Crippen LogP contribution in [-0.4, -0.2) is 9.78 Å². The maximum absolute atomic E-state index is 6.41. The molecule has 1 aromatic heterocycles. The van der Waals surface area contributed by atoms with E-state index < -0.39 is 0 Å². The van der Waals surface area contributed by atoms with Crippen LogP contribution in [0.25, 0.3) is 0 Å². The number of nitrogens with zero attached hydrogens (tertiary/aromatic N) is 2. The molecule has 0 spiro atoms. The zero-order valence-electron chi connectivity index (χ0n) is 10.4. The Kier molecular flexibility index (Phi) is 3.64. The first-order valence-electron chi connectivity index (χ1n) is 6.50. The highest BCUT2D eigenvalue weighted by molar-refractivity contribution is 5.22. The topological polar surface area (TPSA) is 43.8 Å². The lowest BCUT2D eigenvalue weighted by molar-refractivity contribution is 0.307. The van der Waals surface area contributed by atoms with Crippen molar-refractivity contribution in [2.75, 3.05) is 0 Å². The second kappa shape index (κ2) is 5.00. The Morgan fingerprint density at radius 1 is 1.44 bits per heavy atom. The van der Waals surface area contributed by atoms with E-state index in [-0.39, 0.29) is 6.04 Å². The number of hydrogen-bond donors (Lipinski definition) is 1. The highest BCUT2D eigenvalue weighted by Gasteiger charge is 2.24. The Bertz CT molecular complexity index is 337. The second-order valence-electron chi connectivity index (χ2n) is 4.98. The van der Waals surface area contributed by atoms with E-state index in [1.807, 2.05) is 11.7 Å². The minimum absolute atomic E-state index is 0.198. The highest BCUT2D eigenvalue weighted by Crippen LogP contribution is 2.33. The first kappa shape index (κ1) is 11.6. The van der Waals surface area contributed by atoms with Gasteiger partial charge in [0.05, 0.1) is 5.69 Å². The fraction of sp³-hybridized carbons (Fsp3) is 0.769. The Balaban J connectivity index is 2.14. The van der Waals surface area contributed by atoms with Crippen molar-refractivity contribution < 1.29 is 0 Å². The van der Waals surface area contributed by atoms with E-state index in [4.69, 9.17) is 5.73 Å². The molecule has 0 bridgehead atoms. The van der Waals surface area contributed by atoms with Crippen LogP contribution in [0.4, 0.5) is 0 Å². The molecule has 90 valence electrons. The Morgan fingerprint density at radius 3 is 2.75 bits per heavy atom. The molecule has 0 radical (unpaired) electrons. The molecular weight excluding hydrogens is 198 g/mol. The summed E-state index contributed by atoms with van der Waals surface area (Å²) in [6.45, 7) is 2.15. The zero-order valence-corrected chi connectivity index (χ0v) is 10.4. The molecule has 1 aliphatic rings. The van der Waals surface area contributed by atoms with Crippen LogP contribution in [0.1, 0.15) is 56.3 Å². The van der Waals surface area contributed by atoms with Gasteiger partial charge in [0.25, 0.3) is 0 Å². The van der Waals surface area contributed by atoms with Crippen molar-refractivity contribution >= 4 is 0 Å². The first-order chi connectivity index (χ1) is 7.72. The first-order valence-corrected chi connectivity index (χ1v) is 6.50. The van der Waals surface area contributed by atoms with Crippen LogP contribution >= 0.6 is 0 Å². The lowest BCUT2D eigenvalue weighted by atomic mass is 9.81. The molecule has 1 unspecified atom stereocenters. The number of aromatic nitrogens is 2. The number of hydrogen-bond acceptors (Lipinski definition) is 2. The third kappa shape index (κ3) is 2.29. The van der Waals surface area contributed by atoms with Crippen molar-refractivity contribution in [2.45, 2.75) is 51.5 Å². The normalized spacial score (nSPS) is 19.9. The summed E-state index contributed by atoms with van der Waals surface area (Å²) in [5.41, 5.74) is 8.86. The number of aryl methyl sites for hydroxylation is 2. The van der Waals surface area contributed by atoms with Crippen molar-refractivity contribution in [3.63, 3.8) is 0 Å². The molecule has 0 amide bonds. The van der Waals surface area contributed by atoms with Gasteiger partial charge in [-0.2, -0.15) is 5.10 Å². The third-order valence-electron chi connectivity index (χ3n) is 3.79. The molecule has 3 heteroatoms. The summed E-state index contributed by atoms with van der Waals surface area (Å²) in [4.78, 5) is 0. The largest absolute Gasteiger partial charge is 0.324 e.